The van der Waals surface area contributed by atoms with Gasteiger partial charge in [0.1, 0.15) is 11.3 Å². The number of benzene rings is 1. The number of hydrogen-bond acceptors (Lipinski definition) is 4. The van der Waals surface area contributed by atoms with Crippen LogP contribution in [-0.4, -0.2) is 35.3 Å². The number of thiophene rings is 1. The molecule has 3 heterocycles. The molecule has 4 rings (SSSR count). The van der Waals surface area contributed by atoms with Gasteiger partial charge in [0.25, 0.3) is 5.91 Å². The van der Waals surface area contributed by atoms with Gasteiger partial charge in [0.15, 0.2) is 11.6 Å². The molecule has 2 amide bonds. The average Bonchev–Trinajstić information content (AvgIpc) is 3.38. The maximum absolute atomic E-state index is 14.0. The summed E-state index contributed by atoms with van der Waals surface area (Å²) in [5.74, 6) is -2.11. The molecule has 6 nitrogen and oxygen atoms in total. The third-order valence-corrected chi connectivity index (χ3v) is 5.99. The van der Waals surface area contributed by atoms with Crippen LogP contribution in [0.4, 0.5) is 13.6 Å². The summed E-state index contributed by atoms with van der Waals surface area (Å²) < 4.78 is 34.8. The van der Waals surface area contributed by atoms with Crippen molar-refractivity contribution in [1.82, 2.24) is 15.2 Å². The molecule has 2 N–H and O–H groups in total. The van der Waals surface area contributed by atoms with Crippen molar-refractivity contribution in [1.29, 1.82) is 0 Å². The van der Waals surface area contributed by atoms with E-state index in [2.05, 4.69) is 10.6 Å². The first-order valence-electron chi connectivity index (χ1n) is 10.6. The van der Waals surface area contributed by atoms with Crippen molar-refractivity contribution in [2.75, 3.05) is 13.1 Å². The highest BCUT2D eigenvalue weighted by Gasteiger charge is 2.31. The summed E-state index contributed by atoms with van der Waals surface area (Å²) in [6, 6.07) is 7.22. The molecule has 1 aromatic carbocycles. The summed E-state index contributed by atoms with van der Waals surface area (Å²) in [4.78, 5) is 24.7. The summed E-state index contributed by atoms with van der Waals surface area (Å²) >= 11 is 1.51. The lowest BCUT2D eigenvalue weighted by atomic mass is 10.0. The van der Waals surface area contributed by atoms with Gasteiger partial charge in [-0.2, -0.15) is 11.3 Å². The van der Waals surface area contributed by atoms with Gasteiger partial charge in [-0.1, -0.05) is 6.07 Å². The molecule has 0 saturated heterocycles. The molecule has 1 aliphatic rings. The minimum Gasteiger partial charge on any atom is -0.444 e. The van der Waals surface area contributed by atoms with Crippen molar-refractivity contribution in [2.45, 2.75) is 38.8 Å². The predicted octanol–water partition coefficient (Wildman–Crippen LogP) is 5.36. The van der Waals surface area contributed by atoms with Gasteiger partial charge < -0.3 is 19.9 Å². The molecular formula is C24H25F2N3O3S. The van der Waals surface area contributed by atoms with Crippen LogP contribution in [0, 0.1) is 11.6 Å². The number of nitrogens with zero attached hydrogens (tertiary/aromatic N) is 1. The van der Waals surface area contributed by atoms with Gasteiger partial charge in [0, 0.05) is 29.6 Å². The highest BCUT2D eigenvalue weighted by Crippen LogP contribution is 2.40. The van der Waals surface area contributed by atoms with E-state index < -0.39 is 23.3 Å². The van der Waals surface area contributed by atoms with Gasteiger partial charge in [-0.15, -0.1) is 0 Å². The molecule has 1 aliphatic heterocycles. The van der Waals surface area contributed by atoms with E-state index in [4.69, 9.17) is 4.74 Å². The van der Waals surface area contributed by atoms with Crippen LogP contribution in [0.5, 0.6) is 0 Å². The van der Waals surface area contributed by atoms with Gasteiger partial charge >= 0.3 is 6.09 Å². The number of ether oxygens (including phenoxy) is 1. The number of carbonyl (C=O) groups is 2. The molecule has 9 heteroatoms. The third-order valence-electron chi connectivity index (χ3n) is 5.30. The van der Waals surface area contributed by atoms with Gasteiger partial charge in [0.05, 0.1) is 11.7 Å². The maximum Gasteiger partial charge on any atom is 0.407 e. The number of hydrogen-bond donors (Lipinski definition) is 2. The number of aromatic nitrogens is 1. The molecule has 1 atom stereocenters. The second-order valence-corrected chi connectivity index (χ2v) is 9.66. The zero-order valence-electron chi connectivity index (χ0n) is 18.6. The summed E-state index contributed by atoms with van der Waals surface area (Å²) in [5, 5.41) is 9.52. The van der Waals surface area contributed by atoms with E-state index in [0.29, 0.717) is 36.3 Å². The predicted molar refractivity (Wildman–Crippen MR) is 123 cm³/mol. The van der Waals surface area contributed by atoms with E-state index >= 15 is 0 Å². The van der Waals surface area contributed by atoms with Gasteiger partial charge in [-0.05, 0) is 62.4 Å². The number of halogens is 2. The SMILES string of the molecule is CC(C)(C)OC(=O)NCCC1CNC(=O)c2cc(-c3ccc(F)c(F)c3)c(-c3ccsc3)n21. The third kappa shape index (κ3) is 4.93. The van der Waals surface area contributed by atoms with E-state index in [0.717, 1.165) is 23.4 Å². The molecule has 0 saturated carbocycles. The largest absolute Gasteiger partial charge is 0.444 e. The summed E-state index contributed by atoms with van der Waals surface area (Å²) in [6.45, 7) is 6.11. The zero-order chi connectivity index (χ0) is 23.8. The van der Waals surface area contributed by atoms with Crippen LogP contribution in [0.25, 0.3) is 22.4 Å². The van der Waals surface area contributed by atoms with Crippen LogP contribution in [-0.2, 0) is 4.74 Å². The van der Waals surface area contributed by atoms with Crippen molar-refractivity contribution in [3.05, 3.63) is 58.4 Å². The monoisotopic (exact) mass is 473 g/mol. The normalized spacial score (nSPS) is 15.7. The fourth-order valence-electron chi connectivity index (χ4n) is 3.94. The molecule has 0 radical (unpaired) electrons. The molecular weight excluding hydrogens is 448 g/mol. The molecule has 1 unspecified atom stereocenters. The number of carbonyl (C=O) groups excluding carboxylic acids is 2. The fraction of sp³-hybridized carbons (Fsp3) is 0.333. The Kier molecular flexibility index (Phi) is 6.25. The van der Waals surface area contributed by atoms with Crippen LogP contribution in [0.15, 0.2) is 41.1 Å². The van der Waals surface area contributed by atoms with Crippen molar-refractivity contribution >= 4 is 23.3 Å². The summed E-state index contributed by atoms with van der Waals surface area (Å²) in [6.07, 6.45) is 0.0332. The highest BCUT2D eigenvalue weighted by atomic mass is 32.1. The first kappa shape index (κ1) is 23.0. The molecule has 33 heavy (non-hydrogen) atoms. The smallest absolute Gasteiger partial charge is 0.407 e. The molecule has 3 aromatic rings. The lowest BCUT2D eigenvalue weighted by Gasteiger charge is -2.29. The molecule has 0 aliphatic carbocycles. The highest BCUT2D eigenvalue weighted by molar-refractivity contribution is 7.08. The number of rotatable bonds is 5. The Morgan fingerprint density at radius 3 is 2.67 bits per heavy atom. The van der Waals surface area contributed by atoms with Crippen molar-refractivity contribution < 1.29 is 23.1 Å². The van der Waals surface area contributed by atoms with Crippen molar-refractivity contribution in [3.8, 4) is 22.4 Å². The first-order chi connectivity index (χ1) is 15.6. The molecule has 174 valence electrons. The van der Waals surface area contributed by atoms with Crippen LogP contribution in [0.2, 0.25) is 0 Å². The molecule has 0 fully saturated rings. The number of nitrogens with one attached hydrogen (secondary N) is 2. The van der Waals surface area contributed by atoms with Crippen LogP contribution >= 0.6 is 11.3 Å². The van der Waals surface area contributed by atoms with Crippen molar-refractivity contribution in [3.63, 3.8) is 0 Å². The van der Waals surface area contributed by atoms with Gasteiger partial charge in [-0.3, -0.25) is 4.79 Å². The summed E-state index contributed by atoms with van der Waals surface area (Å²) in [7, 11) is 0. The zero-order valence-corrected chi connectivity index (χ0v) is 19.4. The molecule has 0 spiro atoms. The van der Waals surface area contributed by atoms with Gasteiger partial charge in [0.2, 0.25) is 0 Å². The average molecular weight is 474 g/mol. The Balaban J connectivity index is 1.70. The second kappa shape index (κ2) is 8.97. The Labute approximate surface area is 194 Å². The van der Waals surface area contributed by atoms with Gasteiger partial charge in [-0.25, -0.2) is 13.6 Å². The quantitative estimate of drug-likeness (QED) is 0.524. The van der Waals surface area contributed by atoms with E-state index in [-0.39, 0.29) is 11.9 Å². The minimum absolute atomic E-state index is 0.151. The van der Waals surface area contributed by atoms with E-state index in [9.17, 15) is 18.4 Å². The summed E-state index contributed by atoms with van der Waals surface area (Å²) in [5.41, 5.74) is 2.60. The second-order valence-electron chi connectivity index (χ2n) is 8.88. The lowest BCUT2D eigenvalue weighted by molar-refractivity contribution is 0.0524. The minimum atomic E-state index is -0.949. The number of fused-ring (bicyclic) bond motifs is 1. The molecule has 0 bridgehead atoms. The Morgan fingerprint density at radius 1 is 1.21 bits per heavy atom. The Hall–Kier alpha value is -3.20. The standard InChI is InChI=1S/C24H25F2N3O3S/c1-24(2,3)32-23(31)27-8-6-16-12-28-22(30)20-11-17(14-4-5-18(25)19(26)10-14)21(29(16)20)15-7-9-33-13-15/h4-5,7,9-11,13,16H,6,8,12H2,1-3H3,(H,27,31)(H,28,30). The Bertz CT molecular complexity index is 1180. The first-order valence-corrected chi connectivity index (χ1v) is 11.6. The van der Waals surface area contributed by atoms with Crippen molar-refractivity contribution in [2.24, 2.45) is 0 Å². The fourth-order valence-corrected chi connectivity index (χ4v) is 4.58. The van der Waals surface area contributed by atoms with E-state index in [1.165, 1.54) is 17.4 Å². The Morgan fingerprint density at radius 2 is 2.00 bits per heavy atom. The van der Waals surface area contributed by atoms with E-state index in [1.807, 2.05) is 21.4 Å². The number of alkyl carbamates (subject to hydrolysis) is 1. The lowest BCUT2D eigenvalue weighted by Crippen LogP contribution is -2.41. The van der Waals surface area contributed by atoms with Crippen LogP contribution in [0.1, 0.15) is 43.7 Å². The van der Waals surface area contributed by atoms with E-state index in [1.54, 1.807) is 26.8 Å². The molecule has 2 aromatic heterocycles. The van der Waals surface area contributed by atoms with Crippen LogP contribution in [0.3, 0.4) is 0 Å². The number of amides is 2. The van der Waals surface area contributed by atoms with Crippen LogP contribution < -0.4 is 10.6 Å². The maximum atomic E-state index is 14.0. The topological polar surface area (TPSA) is 72.4 Å².